The number of fused-ring (bicyclic) bond motifs is 5. The van der Waals surface area contributed by atoms with E-state index in [-0.39, 0.29) is 46.6 Å². The van der Waals surface area contributed by atoms with E-state index in [9.17, 15) is 23.6 Å². The summed E-state index contributed by atoms with van der Waals surface area (Å²) in [6, 6.07) is 9.59. The molecule has 0 N–H and O–H groups in total. The van der Waals surface area contributed by atoms with Crippen LogP contribution in [0.15, 0.2) is 54.6 Å². The number of rotatable bonds is 5. The van der Waals surface area contributed by atoms with Crippen LogP contribution in [0.25, 0.3) is 0 Å². The van der Waals surface area contributed by atoms with Crippen molar-refractivity contribution in [2.24, 2.45) is 23.7 Å². The summed E-state index contributed by atoms with van der Waals surface area (Å²) in [5, 5.41) is 0. The van der Waals surface area contributed by atoms with Crippen LogP contribution >= 0.6 is 0 Å². The Balaban J connectivity index is 1.33. The maximum Gasteiger partial charge on any atom is 0.338 e. The number of carbonyl (C=O) groups excluding carboxylic acids is 4. The second-order valence-electron chi connectivity index (χ2n) is 8.52. The van der Waals surface area contributed by atoms with Crippen molar-refractivity contribution in [1.29, 1.82) is 0 Å². The highest BCUT2D eigenvalue weighted by Gasteiger charge is 2.59. The number of imide groups is 1. The lowest BCUT2D eigenvalue weighted by atomic mass is 9.85. The predicted octanol–water partition coefficient (Wildman–Crippen LogP) is 3.49. The molecule has 162 valence electrons. The minimum Gasteiger partial charge on any atom is -0.454 e. The van der Waals surface area contributed by atoms with Gasteiger partial charge in [0, 0.05) is 5.56 Å². The number of allylic oxidation sites excluding steroid dienone is 2. The molecular weight excluding hydrogens is 413 g/mol. The van der Waals surface area contributed by atoms with E-state index in [1.807, 2.05) is 12.2 Å². The number of hydrogen-bond acceptors (Lipinski definition) is 5. The van der Waals surface area contributed by atoms with Gasteiger partial charge in [0.2, 0.25) is 11.8 Å². The Labute approximate surface area is 183 Å². The topological polar surface area (TPSA) is 80.8 Å². The van der Waals surface area contributed by atoms with Gasteiger partial charge in [-0.15, -0.1) is 0 Å². The number of halogens is 1. The fourth-order valence-corrected chi connectivity index (χ4v) is 5.05. The van der Waals surface area contributed by atoms with E-state index in [2.05, 4.69) is 0 Å². The molecule has 2 aliphatic carbocycles. The van der Waals surface area contributed by atoms with E-state index in [1.165, 1.54) is 29.2 Å². The van der Waals surface area contributed by atoms with Gasteiger partial charge in [-0.25, -0.2) is 14.1 Å². The number of aryl methyl sites for hydroxylation is 1. The monoisotopic (exact) mass is 433 g/mol. The second-order valence-corrected chi connectivity index (χ2v) is 8.52. The average molecular weight is 433 g/mol. The Kier molecular flexibility index (Phi) is 4.77. The third-order valence-electron chi connectivity index (χ3n) is 6.66. The molecule has 0 spiro atoms. The predicted molar refractivity (Wildman–Crippen MR) is 112 cm³/mol. The van der Waals surface area contributed by atoms with Crippen LogP contribution in [0.1, 0.15) is 32.7 Å². The molecule has 2 bridgehead atoms. The zero-order valence-corrected chi connectivity index (χ0v) is 17.3. The van der Waals surface area contributed by atoms with Crippen LogP contribution in [0.2, 0.25) is 0 Å². The van der Waals surface area contributed by atoms with E-state index in [0.29, 0.717) is 11.3 Å². The van der Waals surface area contributed by atoms with Crippen molar-refractivity contribution in [3.8, 4) is 0 Å². The van der Waals surface area contributed by atoms with Crippen LogP contribution < -0.4 is 4.90 Å². The smallest absolute Gasteiger partial charge is 0.338 e. The van der Waals surface area contributed by atoms with Gasteiger partial charge < -0.3 is 4.74 Å². The first kappa shape index (κ1) is 20.3. The molecule has 2 amide bonds. The molecule has 7 heteroatoms. The first-order chi connectivity index (χ1) is 15.3. The summed E-state index contributed by atoms with van der Waals surface area (Å²) in [5.74, 6) is -2.61. The van der Waals surface area contributed by atoms with Gasteiger partial charge in [-0.2, -0.15) is 0 Å². The molecule has 0 aromatic heterocycles. The summed E-state index contributed by atoms with van der Waals surface area (Å²) >= 11 is 0. The van der Waals surface area contributed by atoms with E-state index in [4.69, 9.17) is 4.74 Å². The highest BCUT2D eigenvalue weighted by molar-refractivity contribution is 6.23. The van der Waals surface area contributed by atoms with Crippen LogP contribution in [-0.4, -0.2) is 30.2 Å². The molecule has 4 atom stereocenters. The van der Waals surface area contributed by atoms with Gasteiger partial charge in [-0.3, -0.25) is 14.4 Å². The van der Waals surface area contributed by atoms with Crippen LogP contribution in [0.5, 0.6) is 0 Å². The lowest BCUT2D eigenvalue weighted by Crippen LogP contribution is -2.33. The van der Waals surface area contributed by atoms with E-state index in [0.717, 1.165) is 18.6 Å². The standard InChI is InChI=1S/C25H20FNO5/c1-13-2-3-17(25(31)32-12-20(28)14-6-8-18(26)9-7-14)11-19(13)27-23(29)21-15-4-5-16(10-15)22(21)24(27)30/h2-9,11,15-16,21-22H,10,12H2,1H3/t15-,16+,21-,22+. The molecular formula is C25H20FNO5. The third kappa shape index (κ3) is 3.16. The SMILES string of the molecule is Cc1ccc(C(=O)OCC(=O)c2ccc(F)cc2)cc1N1C(=O)[C@@H]2[C@H](C1=O)[C@@H]1C=C[C@H]2C1. The molecule has 5 rings (SSSR count). The van der Waals surface area contributed by atoms with Gasteiger partial charge in [-0.1, -0.05) is 18.2 Å². The molecule has 2 aromatic rings. The summed E-state index contributed by atoms with van der Waals surface area (Å²) in [4.78, 5) is 52.1. The van der Waals surface area contributed by atoms with Gasteiger partial charge in [0.1, 0.15) is 5.82 Å². The van der Waals surface area contributed by atoms with Crippen molar-refractivity contribution in [3.63, 3.8) is 0 Å². The number of ketones is 1. The lowest BCUT2D eigenvalue weighted by Gasteiger charge is -2.20. The molecule has 3 aliphatic rings. The van der Waals surface area contributed by atoms with Gasteiger partial charge in [0.05, 0.1) is 23.1 Å². The normalized spacial score (nSPS) is 25.4. The van der Waals surface area contributed by atoms with Crippen molar-refractivity contribution >= 4 is 29.3 Å². The zero-order valence-electron chi connectivity index (χ0n) is 17.3. The maximum absolute atomic E-state index is 13.1. The lowest BCUT2D eigenvalue weighted by molar-refractivity contribution is -0.123. The first-order valence-corrected chi connectivity index (χ1v) is 10.5. The Bertz CT molecular complexity index is 1160. The highest BCUT2D eigenvalue weighted by atomic mass is 19.1. The van der Waals surface area contributed by atoms with E-state index < -0.39 is 24.2 Å². The quantitative estimate of drug-likeness (QED) is 0.312. The number of benzene rings is 2. The Morgan fingerprint density at radius 3 is 2.19 bits per heavy atom. The molecule has 1 saturated heterocycles. The Morgan fingerprint density at radius 1 is 0.969 bits per heavy atom. The third-order valence-corrected chi connectivity index (χ3v) is 6.66. The fraction of sp³-hybridized carbons (Fsp3) is 0.280. The molecule has 1 saturated carbocycles. The van der Waals surface area contributed by atoms with E-state index >= 15 is 0 Å². The second kappa shape index (κ2) is 7.51. The molecule has 2 aromatic carbocycles. The summed E-state index contributed by atoms with van der Waals surface area (Å²) in [6.07, 6.45) is 4.90. The zero-order chi connectivity index (χ0) is 22.6. The number of esters is 1. The minimum absolute atomic E-state index is 0.0948. The molecule has 1 heterocycles. The number of carbonyl (C=O) groups is 4. The van der Waals surface area contributed by atoms with Crippen molar-refractivity contribution in [2.75, 3.05) is 11.5 Å². The number of nitrogens with zero attached hydrogens (tertiary/aromatic N) is 1. The van der Waals surface area contributed by atoms with Crippen LogP contribution in [-0.2, 0) is 14.3 Å². The molecule has 6 nitrogen and oxygen atoms in total. The molecule has 32 heavy (non-hydrogen) atoms. The van der Waals surface area contributed by atoms with Gasteiger partial charge >= 0.3 is 5.97 Å². The van der Waals surface area contributed by atoms with Crippen LogP contribution in [0, 0.1) is 36.4 Å². The van der Waals surface area contributed by atoms with Crippen LogP contribution in [0.3, 0.4) is 0 Å². The van der Waals surface area contributed by atoms with Gasteiger partial charge in [-0.05, 0) is 67.1 Å². The molecule has 1 aliphatic heterocycles. The van der Waals surface area contributed by atoms with Crippen molar-refractivity contribution in [2.45, 2.75) is 13.3 Å². The average Bonchev–Trinajstić information content (AvgIpc) is 3.47. The van der Waals surface area contributed by atoms with Gasteiger partial charge in [0.15, 0.2) is 12.4 Å². The minimum atomic E-state index is -0.747. The molecule has 0 unspecified atom stereocenters. The first-order valence-electron chi connectivity index (χ1n) is 10.5. The highest BCUT2D eigenvalue weighted by Crippen LogP contribution is 2.53. The summed E-state index contributed by atoms with van der Waals surface area (Å²) in [5.41, 5.74) is 1.42. The number of amides is 2. The summed E-state index contributed by atoms with van der Waals surface area (Å²) in [6.45, 7) is 1.26. The van der Waals surface area contributed by atoms with Crippen molar-refractivity contribution < 1.29 is 28.3 Å². The number of ether oxygens (including phenoxy) is 1. The summed E-state index contributed by atoms with van der Waals surface area (Å²) < 4.78 is 18.1. The van der Waals surface area contributed by atoms with Gasteiger partial charge in [0.25, 0.3) is 0 Å². The number of anilines is 1. The van der Waals surface area contributed by atoms with Crippen molar-refractivity contribution in [1.82, 2.24) is 0 Å². The number of hydrogen-bond donors (Lipinski definition) is 0. The Morgan fingerprint density at radius 2 is 1.56 bits per heavy atom. The largest absolute Gasteiger partial charge is 0.454 e. The summed E-state index contributed by atoms with van der Waals surface area (Å²) in [7, 11) is 0. The molecule has 0 radical (unpaired) electrons. The molecule has 2 fully saturated rings. The number of Topliss-reactive ketones (excluding diaryl/α,β-unsaturated/α-hetero) is 1. The van der Waals surface area contributed by atoms with Crippen molar-refractivity contribution in [3.05, 3.63) is 77.1 Å². The van der Waals surface area contributed by atoms with Crippen LogP contribution in [0.4, 0.5) is 10.1 Å². The maximum atomic E-state index is 13.1. The fourth-order valence-electron chi connectivity index (χ4n) is 5.05. The Hall–Kier alpha value is -3.61. The van der Waals surface area contributed by atoms with E-state index in [1.54, 1.807) is 13.0 Å².